The molecule has 0 bridgehead atoms. The summed E-state index contributed by atoms with van der Waals surface area (Å²) < 4.78 is 0. The molecule has 8 heteroatoms. The van der Waals surface area contributed by atoms with Crippen molar-refractivity contribution in [2.45, 2.75) is 32.9 Å². The Kier molecular flexibility index (Phi) is 5.24. The van der Waals surface area contributed by atoms with Crippen molar-refractivity contribution in [3.63, 3.8) is 0 Å². The lowest BCUT2D eigenvalue weighted by molar-refractivity contribution is -0.384. The van der Waals surface area contributed by atoms with E-state index in [0.717, 1.165) is 0 Å². The van der Waals surface area contributed by atoms with Gasteiger partial charge in [0.05, 0.1) is 17.1 Å². The summed E-state index contributed by atoms with van der Waals surface area (Å²) in [5.41, 5.74) is -0.0942. The van der Waals surface area contributed by atoms with Crippen LogP contribution in [0.3, 0.4) is 0 Å². The molecule has 0 fully saturated rings. The normalized spacial score (nSPS) is 11.8. The molecular formula is C12H19N5O3. The Bertz CT molecular complexity index is 504. The third-order valence-electron chi connectivity index (χ3n) is 2.47. The molecule has 0 aliphatic carbocycles. The second kappa shape index (κ2) is 6.69. The molecule has 1 atom stereocenters. The number of pyridine rings is 1. The van der Waals surface area contributed by atoms with Gasteiger partial charge in [0.25, 0.3) is 5.69 Å². The van der Waals surface area contributed by atoms with Gasteiger partial charge in [-0.2, -0.15) is 0 Å². The van der Waals surface area contributed by atoms with Crippen molar-refractivity contribution in [2.24, 2.45) is 0 Å². The van der Waals surface area contributed by atoms with Gasteiger partial charge in [-0.1, -0.05) is 0 Å². The van der Waals surface area contributed by atoms with Crippen LogP contribution in [0, 0.1) is 10.1 Å². The fraction of sp³-hybridized carbons (Fsp3) is 0.500. The molecule has 0 aliphatic rings. The Morgan fingerprint density at radius 1 is 1.30 bits per heavy atom. The van der Waals surface area contributed by atoms with E-state index in [0.29, 0.717) is 5.82 Å². The predicted octanol–water partition coefficient (Wildman–Crippen LogP) is 1.36. The lowest BCUT2D eigenvalue weighted by Gasteiger charge is -2.16. The molecule has 1 aromatic heterocycles. The van der Waals surface area contributed by atoms with Crippen LogP contribution >= 0.6 is 0 Å². The number of amides is 1. The van der Waals surface area contributed by atoms with Crippen LogP contribution in [0.15, 0.2) is 12.1 Å². The highest BCUT2D eigenvalue weighted by molar-refractivity contribution is 5.84. The summed E-state index contributed by atoms with van der Waals surface area (Å²) in [6.45, 7) is 5.38. The molecule has 0 saturated heterocycles. The van der Waals surface area contributed by atoms with Crippen LogP contribution in [0.5, 0.6) is 0 Å². The standard InChI is InChI=1S/C12H19N5O3/c1-7(2)14-12(18)8(3)15-11-6-9(17(19)20)5-10(13-4)16-11/h5-8H,1-4H3,(H,14,18)(H2,13,15,16). The highest BCUT2D eigenvalue weighted by Crippen LogP contribution is 2.20. The van der Waals surface area contributed by atoms with E-state index < -0.39 is 11.0 Å². The molecule has 1 amide bonds. The molecule has 3 N–H and O–H groups in total. The maximum absolute atomic E-state index is 11.8. The van der Waals surface area contributed by atoms with Gasteiger partial charge in [-0.25, -0.2) is 4.98 Å². The van der Waals surface area contributed by atoms with Crippen LogP contribution in [-0.2, 0) is 4.79 Å². The summed E-state index contributed by atoms with van der Waals surface area (Å²) in [6, 6.07) is 2.10. The number of hydrogen-bond donors (Lipinski definition) is 3. The summed E-state index contributed by atoms with van der Waals surface area (Å²) in [7, 11) is 1.62. The highest BCUT2D eigenvalue weighted by Gasteiger charge is 2.16. The Morgan fingerprint density at radius 3 is 2.40 bits per heavy atom. The lowest BCUT2D eigenvalue weighted by atomic mass is 10.2. The third kappa shape index (κ3) is 4.38. The van der Waals surface area contributed by atoms with Gasteiger partial charge in [-0.15, -0.1) is 0 Å². The van der Waals surface area contributed by atoms with Gasteiger partial charge >= 0.3 is 0 Å². The molecule has 1 aromatic rings. The first kappa shape index (κ1) is 15.7. The number of hydrogen-bond acceptors (Lipinski definition) is 6. The summed E-state index contributed by atoms with van der Waals surface area (Å²) in [5, 5.41) is 19.2. The van der Waals surface area contributed by atoms with Crippen LogP contribution in [-0.4, -0.2) is 34.9 Å². The SMILES string of the molecule is CNc1cc([N+](=O)[O-])cc(NC(C)C(=O)NC(C)C)n1. The topological polar surface area (TPSA) is 109 Å². The van der Waals surface area contributed by atoms with E-state index in [1.807, 2.05) is 13.8 Å². The Morgan fingerprint density at radius 2 is 1.90 bits per heavy atom. The second-order valence-electron chi connectivity index (χ2n) is 4.63. The summed E-state index contributed by atoms with van der Waals surface area (Å²) in [4.78, 5) is 26.2. The van der Waals surface area contributed by atoms with Crippen LogP contribution in [0.4, 0.5) is 17.3 Å². The zero-order chi connectivity index (χ0) is 15.3. The molecule has 0 saturated carbocycles. The molecule has 0 aromatic carbocycles. The first-order valence-electron chi connectivity index (χ1n) is 6.24. The molecule has 20 heavy (non-hydrogen) atoms. The number of rotatable bonds is 6. The molecule has 1 rings (SSSR count). The molecule has 8 nitrogen and oxygen atoms in total. The largest absolute Gasteiger partial charge is 0.373 e. The van der Waals surface area contributed by atoms with Gasteiger partial charge < -0.3 is 16.0 Å². The average molecular weight is 281 g/mol. The highest BCUT2D eigenvalue weighted by atomic mass is 16.6. The van der Waals surface area contributed by atoms with Crippen LogP contribution < -0.4 is 16.0 Å². The zero-order valence-electron chi connectivity index (χ0n) is 11.9. The molecule has 0 radical (unpaired) electrons. The van der Waals surface area contributed by atoms with Crippen molar-refractivity contribution in [1.82, 2.24) is 10.3 Å². The Labute approximate surface area is 117 Å². The number of nitro groups is 1. The van der Waals surface area contributed by atoms with E-state index in [9.17, 15) is 14.9 Å². The molecule has 0 aliphatic heterocycles. The zero-order valence-corrected chi connectivity index (χ0v) is 11.9. The maximum atomic E-state index is 11.8. The molecule has 1 unspecified atom stereocenters. The van der Waals surface area contributed by atoms with Gasteiger partial charge in [-0.05, 0) is 20.8 Å². The second-order valence-corrected chi connectivity index (χ2v) is 4.63. The van der Waals surface area contributed by atoms with E-state index in [4.69, 9.17) is 0 Å². The summed E-state index contributed by atoms with van der Waals surface area (Å²) in [6.07, 6.45) is 0. The lowest BCUT2D eigenvalue weighted by Crippen LogP contribution is -2.41. The van der Waals surface area contributed by atoms with Crippen molar-refractivity contribution >= 4 is 23.2 Å². The van der Waals surface area contributed by atoms with Crippen molar-refractivity contribution in [3.05, 3.63) is 22.2 Å². The number of aromatic nitrogens is 1. The van der Waals surface area contributed by atoms with E-state index in [1.54, 1.807) is 14.0 Å². The smallest absolute Gasteiger partial charge is 0.276 e. The molecule has 110 valence electrons. The van der Waals surface area contributed by atoms with Crippen molar-refractivity contribution in [3.8, 4) is 0 Å². The van der Waals surface area contributed by atoms with E-state index in [2.05, 4.69) is 20.9 Å². The van der Waals surface area contributed by atoms with E-state index in [-0.39, 0.29) is 23.5 Å². The summed E-state index contributed by atoms with van der Waals surface area (Å²) >= 11 is 0. The van der Waals surface area contributed by atoms with Crippen LogP contribution in [0.2, 0.25) is 0 Å². The number of anilines is 2. The third-order valence-corrected chi connectivity index (χ3v) is 2.47. The summed E-state index contributed by atoms with van der Waals surface area (Å²) in [5.74, 6) is 0.437. The fourth-order valence-electron chi connectivity index (χ4n) is 1.52. The number of carbonyl (C=O) groups is 1. The molecule has 1 heterocycles. The van der Waals surface area contributed by atoms with Crippen molar-refractivity contribution in [1.29, 1.82) is 0 Å². The number of nitrogens with one attached hydrogen (secondary N) is 3. The minimum absolute atomic E-state index is 0.0256. The molecule has 0 spiro atoms. The van der Waals surface area contributed by atoms with Gasteiger partial charge in [0.1, 0.15) is 17.7 Å². The van der Waals surface area contributed by atoms with Crippen LogP contribution in [0.25, 0.3) is 0 Å². The Hall–Kier alpha value is -2.38. The quantitative estimate of drug-likeness (QED) is 0.536. The van der Waals surface area contributed by atoms with Crippen LogP contribution in [0.1, 0.15) is 20.8 Å². The Balaban J connectivity index is 2.88. The first-order valence-corrected chi connectivity index (χ1v) is 6.24. The van der Waals surface area contributed by atoms with Gasteiger partial charge in [0.15, 0.2) is 0 Å². The van der Waals surface area contributed by atoms with Gasteiger partial charge in [0, 0.05) is 13.1 Å². The fourth-order valence-corrected chi connectivity index (χ4v) is 1.52. The maximum Gasteiger partial charge on any atom is 0.276 e. The van der Waals surface area contributed by atoms with Crippen molar-refractivity contribution in [2.75, 3.05) is 17.7 Å². The monoisotopic (exact) mass is 281 g/mol. The predicted molar refractivity (Wildman–Crippen MR) is 76.8 cm³/mol. The van der Waals surface area contributed by atoms with E-state index >= 15 is 0 Å². The van der Waals surface area contributed by atoms with Gasteiger partial charge in [-0.3, -0.25) is 14.9 Å². The number of nitrogens with zero attached hydrogens (tertiary/aromatic N) is 2. The molecular weight excluding hydrogens is 262 g/mol. The van der Waals surface area contributed by atoms with E-state index in [1.165, 1.54) is 12.1 Å². The minimum atomic E-state index is -0.545. The first-order chi connectivity index (χ1) is 9.33. The van der Waals surface area contributed by atoms with Crippen molar-refractivity contribution < 1.29 is 9.72 Å². The van der Waals surface area contributed by atoms with Gasteiger partial charge in [0.2, 0.25) is 5.91 Å². The minimum Gasteiger partial charge on any atom is -0.373 e. The number of carbonyl (C=O) groups excluding carboxylic acids is 1. The average Bonchev–Trinajstić information content (AvgIpc) is 2.37.